The quantitative estimate of drug-likeness (QED) is 0.402. The van der Waals surface area contributed by atoms with E-state index in [9.17, 15) is 33.0 Å². The zero-order chi connectivity index (χ0) is 21.3. The van der Waals surface area contributed by atoms with Crippen LogP contribution < -0.4 is 16.6 Å². The number of carbonyl (C=O) groups is 1. The average Bonchev–Trinajstić information content (AvgIpc) is 3.17. The number of rotatable bonds is 3. The Labute approximate surface area is 160 Å². The first-order valence-electron chi connectivity index (χ1n) is 8.30. The van der Waals surface area contributed by atoms with Gasteiger partial charge in [-0.1, -0.05) is 11.8 Å². The van der Waals surface area contributed by atoms with Gasteiger partial charge in [-0.15, -0.1) is 0 Å². The highest BCUT2D eigenvalue weighted by molar-refractivity contribution is 5.84. The maximum Gasteiger partial charge on any atom is 0.471 e. The minimum absolute atomic E-state index is 0.0133. The number of aromatic nitrogens is 3. The zero-order valence-corrected chi connectivity index (χ0v) is 14.7. The van der Waals surface area contributed by atoms with Crippen molar-refractivity contribution in [1.29, 1.82) is 0 Å². The monoisotopic (exact) mass is 415 g/mol. The molecule has 1 aliphatic heterocycles. The first kappa shape index (κ1) is 20.6. The number of H-pyrrole nitrogens is 1. The van der Waals surface area contributed by atoms with Crippen LogP contribution in [0.2, 0.25) is 0 Å². The third kappa shape index (κ3) is 4.19. The lowest BCUT2D eigenvalue weighted by Gasteiger charge is -2.14. The van der Waals surface area contributed by atoms with E-state index in [0.717, 1.165) is 0 Å². The van der Waals surface area contributed by atoms with Crippen molar-refractivity contribution in [2.24, 2.45) is 0 Å². The normalized spacial score (nSPS) is 21.8. The number of halogens is 3. The van der Waals surface area contributed by atoms with Gasteiger partial charge in [-0.05, 0) is 0 Å². The van der Waals surface area contributed by atoms with Crippen LogP contribution in [0.25, 0.3) is 11.0 Å². The fourth-order valence-electron chi connectivity index (χ4n) is 2.90. The van der Waals surface area contributed by atoms with E-state index in [1.807, 2.05) is 0 Å². The molecule has 0 bridgehead atoms. The van der Waals surface area contributed by atoms with Crippen molar-refractivity contribution in [2.75, 3.05) is 18.9 Å². The summed E-state index contributed by atoms with van der Waals surface area (Å²) in [5, 5.41) is 20.8. The maximum atomic E-state index is 12.3. The third-order valence-electron chi connectivity index (χ3n) is 4.21. The predicted molar refractivity (Wildman–Crippen MR) is 92.3 cm³/mol. The van der Waals surface area contributed by atoms with Crippen molar-refractivity contribution >= 4 is 22.9 Å². The SMILES string of the molecule is Nc1nc2c(c(C#CCNC(=O)C(F)(F)F)cn2[C@H]2CC(O)[C@@H](CO)O2)c(=O)[nH]1. The van der Waals surface area contributed by atoms with Gasteiger partial charge in [-0.25, -0.2) is 0 Å². The van der Waals surface area contributed by atoms with Gasteiger partial charge in [-0.3, -0.25) is 14.6 Å². The standard InChI is InChI=1S/C16H16F3N5O5/c17-16(18,19)14(28)21-3-1-2-7-5-24(10-4-8(26)9(6-25)29-10)12-11(7)13(27)23-15(20)22-12/h5,8-10,25-26H,3-4,6H2,(H,21,28)(H3,20,22,23,27)/t8?,9-,10-/m1/s1. The molecule has 156 valence electrons. The molecule has 3 heterocycles. The number of carbonyl (C=O) groups excluding carboxylic acids is 1. The number of aliphatic hydroxyl groups excluding tert-OH is 2. The average molecular weight is 415 g/mol. The molecule has 0 radical (unpaired) electrons. The highest BCUT2D eigenvalue weighted by atomic mass is 19.4. The lowest BCUT2D eigenvalue weighted by atomic mass is 10.2. The molecular formula is C16H16F3N5O5. The van der Waals surface area contributed by atoms with Gasteiger partial charge in [0.2, 0.25) is 5.95 Å². The number of hydrogen-bond acceptors (Lipinski definition) is 7. The number of fused-ring (bicyclic) bond motifs is 1. The first-order valence-corrected chi connectivity index (χ1v) is 8.30. The Morgan fingerprint density at radius 2 is 2.24 bits per heavy atom. The Morgan fingerprint density at radius 1 is 1.52 bits per heavy atom. The fraction of sp³-hybridized carbons (Fsp3) is 0.438. The molecule has 29 heavy (non-hydrogen) atoms. The molecule has 1 saturated heterocycles. The largest absolute Gasteiger partial charge is 0.471 e. The van der Waals surface area contributed by atoms with Crippen molar-refractivity contribution in [3.05, 3.63) is 22.1 Å². The van der Waals surface area contributed by atoms with Crippen LogP contribution in [-0.4, -0.2) is 62.2 Å². The predicted octanol–water partition coefficient (Wildman–Crippen LogP) is -1.02. The van der Waals surface area contributed by atoms with Crippen LogP contribution in [0.5, 0.6) is 0 Å². The van der Waals surface area contributed by atoms with E-state index in [4.69, 9.17) is 10.5 Å². The van der Waals surface area contributed by atoms with Gasteiger partial charge < -0.3 is 30.6 Å². The van der Waals surface area contributed by atoms with Crippen LogP contribution in [0, 0.1) is 11.8 Å². The Hall–Kier alpha value is -3.08. The van der Waals surface area contributed by atoms with E-state index >= 15 is 0 Å². The van der Waals surface area contributed by atoms with E-state index in [-0.39, 0.29) is 29.0 Å². The highest BCUT2D eigenvalue weighted by Gasteiger charge is 2.38. The number of nitrogens with one attached hydrogen (secondary N) is 2. The molecule has 1 aliphatic rings. The van der Waals surface area contributed by atoms with Gasteiger partial charge in [0, 0.05) is 12.6 Å². The van der Waals surface area contributed by atoms with Crippen molar-refractivity contribution in [2.45, 2.75) is 31.0 Å². The minimum Gasteiger partial charge on any atom is -0.394 e. The van der Waals surface area contributed by atoms with E-state index in [1.54, 1.807) is 5.32 Å². The Kier molecular flexibility index (Phi) is 5.51. The molecule has 1 amide bonds. The van der Waals surface area contributed by atoms with Crippen molar-refractivity contribution < 1.29 is 32.9 Å². The summed E-state index contributed by atoms with van der Waals surface area (Å²) in [6.07, 6.45) is -6.11. The molecule has 0 spiro atoms. The van der Waals surface area contributed by atoms with Crippen LogP contribution in [0.4, 0.5) is 19.1 Å². The van der Waals surface area contributed by atoms with Crippen LogP contribution >= 0.6 is 0 Å². The number of nitrogens with zero attached hydrogens (tertiary/aromatic N) is 2. The van der Waals surface area contributed by atoms with E-state index in [1.165, 1.54) is 10.8 Å². The number of nitrogens with two attached hydrogens (primary N) is 1. The number of aliphatic hydroxyl groups is 2. The number of alkyl halides is 3. The van der Waals surface area contributed by atoms with Gasteiger partial charge in [0.15, 0.2) is 5.65 Å². The highest BCUT2D eigenvalue weighted by Crippen LogP contribution is 2.32. The molecule has 2 aromatic heterocycles. The van der Waals surface area contributed by atoms with Crippen LogP contribution in [-0.2, 0) is 9.53 Å². The van der Waals surface area contributed by atoms with Crippen LogP contribution in [0.3, 0.4) is 0 Å². The summed E-state index contributed by atoms with van der Waals surface area (Å²) in [5.74, 6) is 2.53. The molecule has 6 N–H and O–H groups in total. The first-order chi connectivity index (χ1) is 13.6. The summed E-state index contributed by atoms with van der Waals surface area (Å²) in [6, 6.07) is 0. The van der Waals surface area contributed by atoms with E-state index in [0.29, 0.717) is 0 Å². The van der Waals surface area contributed by atoms with Gasteiger partial charge in [0.05, 0.1) is 30.2 Å². The number of hydrogen-bond donors (Lipinski definition) is 5. The molecule has 0 aliphatic carbocycles. The maximum absolute atomic E-state index is 12.3. The molecule has 0 saturated carbocycles. The topological polar surface area (TPSA) is 155 Å². The van der Waals surface area contributed by atoms with Gasteiger partial charge in [0.25, 0.3) is 5.56 Å². The molecule has 2 aromatic rings. The Morgan fingerprint density at radius 3 is 2.86 bits per heavy atom. The second-order valence-corrected chi connectivity index (χ2v) is 6.20. The third-order valence-corrected chi connectivity index (χ3v) is 4.21. The summed E-state index contributed by atoms with van der Waals surface area (Å²) in [4.78, 5) is 29.4. The number of amides is 1. The molecule has 10 nitrogen and oxygen atoms in total. The summed E-state index contributed by atoms with van der Waals surface area (Å²) >= 11 is 0. The molecule has 1 fully saturated rings. The van der Waals surface area contributed by atoms with Crippen molar-refractivity contribution in [3.8, 4) is 11.8 Å². The Bertz CT molecular complexity index is 1050. The molecule has 3 rings (SSSR count). The van der Waals surface area contributed by atoms with Crippen LogP contribution in [0.1, 0.15) is 18.2 Å². The van der Waals surface area contributed by atoms with E-state index in [2.05, 4.69) is 21.8 Å². The molecule has 1 unspecified atom stereocenters. The van der Waals surface area contributed by atoms with Crippen molar-refractivity contribution in [1.82, 2.24) is 19.9 Å². The van der Waals surface area contributed by atoms with Gasteiger partial charge in [0.1, 0.15) is 12.3 Å². The molecule has 0 aromatic carbocycles. The number of aromatic amines is 1. The minimum atomic E-state index is -5.03. The number of anilines is 1. The lowest BCUT2D eigenvalue weighted by Crippen LogP contribution is -2.36. The fourth-order valence-corrected chi connectivity index (χ4v) is 2.90. The lowest BCUT2D eigenvalue weighted by molar-refractivity contribution is -0.173. The summed E-state index contributed by atoms with van der Waals surface area (Å²) < 4.78 is 43.5. The van der Waals surface area contributed by atoms with E-state index < -0.39 is 49.2 Å². The van der Waals surface area contributed by atoms with Crippen molar-refractivity contribution in [3.63, 3.8) is 0 Å². The second-order valence-electron chi connectivity index (χ2n) is 6.20. The summed E-state index contributed by atoms with van der Waals surface area (Å²) in [5.41, 5.74) is 5.15. The van der Waals surface area contributed by atoms with Gasteiger partial charge >= 0.3 is 12.1 Å². The smallest absolute Gasteiger partial charge is 0.394 e. The zero-order valence-electron chi connectivity index (χ0n) is 14.7. The number of ether oxygens (including phenoxy) is 1. The van der Waals surface area contributed by atoms with Gasteiger partial charge in [-0.2, -0.15) is 18.2 Å². The molecule has 3 atom stereocenters. The molecule has 13 heteroatoms. The van der Waals surface area contributed by atoms with Crippen LogP contribution in [0.15, 0.2) is 11.0 Å². The summed E-state index contributed by atoms with van der Waals surface area (Å²) in [6.45, 7) is -1.02. The summed E-state index contributed by atoms with van der Waals surface area (Å²) in [7, 11) is 0. The Balaban J connectivity index is 1.94. The molecular weight excluding hydrogens is 399 g/mol. The second kappa shape index (κ2) is 7.74. The number of nitrogen functional groups attached to an aromatic ring is 1.